The topological polar surface area (TPSA) is 101 Å². The van der Waals surface area contributed by atoms with Gasteiger partial charge in [0.1, 0.15) is 12.3 Å². The number of carbonyl (C=O) groups excluding carboxylic acids is 5. The Morgan fingerprint density at radius 3 is 2.02 bits per heavy atom. The fourth-order valence-corrected chi connectivity index (χ4v) is 7.66. The molecule has 222 valence electrons. The number of esters is 1. The van der Waals surface area contributed by atoms with Gasteiger partial charge in [-0.25, -0.2) is 9.80 Å². The molecule has 1 saturated heterocycles. The lowest BCUT2D eigenvalue weighted by atomic mass is 9.63. The quantitative estimate of drug-likeness (QED) is 0.0951. The highest BCUT2D eigenvalue weighted by atomic mass is 79.9. The smallest absolute Gasteiger partial charge is 0.343 e. The molecule has 3 aromatic rings. The molecule has 8 nitrogen and oxygen atoms in total. The Balaban J connectivity index is 1.15. The van der Waals surface area contributed by atoms with Crippen LogP contribution >= 0.6 is 39.1 Å². The van der Waals surface area contributed by atoms with Crippen molar-refractivity contribution in [3.63, 3.8) is 0 Å². The second-order valence-electron chi connectivity index (χ2n) is 11.5. The van der Waals surface area contributed by atoms with Gasteiger partial charge >= 0.3 is 5.97 Å². The van der Waals surface area contributed by atoms with Crippen LogP contribution in [0.25, 0.3) is 0 Å². The highest BCUT2D eigenvalue weighted by Gasteiger charge is 2.68. The third-order valence-electron chi connectivity index (χ3n) is 9.04. The molecule has 5 aliphatic rings. The van der Waals surface area contributed by atoms with E-state index >= 15 is 0 Å². The number of halogens is 3. The van der Waals surface area contributed by atoms with Gasteiger partial charge in [-0.1, -0.05) is 51.3 Å². The summed E-state index contributed by atoms with van der Waals surface area (Å²) in [6.07, 6.45) is 5.06. The number of hydrogen-bond donors (Lipinski definition) is 0. The number of nitrogens with zero attached hydrogens (tertiary/aromatic N) is 2. The van der Waals surface area contributed by atoms with Crippen LogP contribution < -0.4 is 4.74 Å². The van der Waals surface area contributed by atoms with Gasteiger partial charge in [0.25, 0.3) is 17.7 Å². The van der Waals surface area contributed by atoms with E-state index in [1.165, 1.54) is 42.5 Å². The third kappa shape index (κ3) is 4.87. The van der Waals surface area contributed by atoms with Crippen molar-refractivity contribution in [2.24, 2.45) is 35.5 Å². The number of allylic oxidation sites excluding steroid dienone is 2. The standard InChI is InChI=1S/C33H23BrCl2N2O6/c34-18-5-1-17(2-6-18)33(43)44-20-8-3-16(4-9-20)27(39)15-37(30(40)23-10-7-19(35)13-26(23)36)38-31(41)28-21-11-12-22(25-14-24(21)25)29(28)32(38)42/h1-13,21-22,24-25,28-29H,14-15H2/t21-,22-,24-,25+,28+,29+/m0/s1. The zero-order valence-corrected chi connectivity index (χ0v) is 26.0. The first-order chi connectivity index (χ1) is 21.1. The SMILES string of the molecule is O=C(CN(C(=O)c1ccc(Cl)cc1Cl)N1C(=O)[C@@H]2[C@H]3C=C[C@@H]([C@@H]4C[C@H]34)[C@H]2C1=O)c1ccc(OC(=O)c2ccc(Br)cc2)cc1. The monoisotopic (exact) mass is 692 g/mol. The fourth-order valence-electron chi connectivity index (χ4n) is 6.90. The number of benzene rings is 3. The molecule has 44 heavy (non-hydrogen) atoms. The van der Waals surface area contributed by atoms with Gasteiger partial charge < -0.3 is 4.74 Å². The molecule has 1 aliphatic heterocycles. The number of rotatable bonds is 7. The molecule has 6 atom stereocenters. The predicted molar refractivity (Wildman–Crippen MR) is 164 cm³/mol. The van der Waals surface area contributed by atoms with E-state index in [1.807, 2.05) is 12.2 Å². The Morgan fingerprint density at radius 1 is 0.841 bits per heavy atom. The Bertz CT molecular complexity index is 1740. The maximum absolute atomic E-state index is 13.9. The average Bonchev–Trinajstić information content (AvgIpc) is 3.79. The van der Waals surface area contributed by atoms with E-state index in [4.69, 9.17) is 27.9 Å². The summed E-state index contributed by atoms with van der Waals surface area (Å²) in [6, 6.07) is 16.8. The minimum absolute atomic E-state index is 0.00140. The minimum Gasteiger partial charge on any atom is -0.423 e. The summed E-state index contributed by atoms with van der Waals surface area (Å²) in [7, 11) is 0. The molecule has 2 bridgehead atoms. The first-order valence-corrected chi connectivity index (χ1v) is 15.6. The zero-order chi connectivity index (χ0) is 30.9. The second kappa shape index (κ2) is 11.0. The van der Waals surface area contributed by atoms with Crippen molar-refractivity contribution in [1.82, 2.24) is 10.0 Å². The first-order valence-electron chi connectivity index (χ1n) is 14.1. The molecule has 8 rings (SSSR count). The predicted octanol–water partition coefficient (Wildman–Crippen LogP) is 6.27. The zero-order valence-electron chi connectivity index (χ0n) is 22.9. The molecule has 0 aromatic heterocycles. The molecular formula is C33H23BrCl2N2O6. The molecule has 3 amide bonds. The number of imide groups is 1. The second-order valence-corrected chi connectivity index (χ2v) is 13.2. The summed E-state index contributed by atoms with van der Waals surface area (Å²) in [5, 5.41) is 2.10. The maximum Gasteiger partial charge on any atom is 0.343 e. The molecule has 0 N–H and O–H groups in total. The molecule has 11 heteroatoms. The molecule has 0 spiro atoms. The van der Waals surface area contributed by atoms with Crippen molar-refractivity contribution in [1.29, 1.82) is 0 Å². The molecule has 0 unspecified atom stereocenters. The van der Waals surface area contributed by atoms with E-state index in [1.54, 1.807) is 24.3 Å². The summed E-state index contributed by atoms with van der Waals surface area (Å²) >= 11 is 15.7. The van der Waals surface area contributed by atoms with Crippen LogP contribution in [0.1, 0.15) is 37.5 Å². The number of ketones is 1. The lowest BCUT2D eigenvalue weighted by molar-refractivity contribution is -0.154. The van der Waals surface area contributed by atoms with Gasteiger partial charge in [-0.05, 0) is 96.8 Å². The minimum atomic E-state index is -0.772. The molecule has 3 aromatic carbocycles. The van der Waals surface area contributed by atoms with Gasteiger partial charge in [-0.15, -0.1) is 0 Å². The van der Waals surface area contributed by atoms with Crippen LogP contribution in [0.5, 0.6) is 5.75 Å². The van der Waals surface area contributed by atoms with Gasteiger partial charge in [0.15, 0.2) is 5.78 Å². The molecule has 2 saturated carbocycles. The van der Waals surface area contributed by atoms with Crippen LogP contribution in [0.15, 0.2) is 83.4 Å². The largest absolute Gasteiger partial charge is 0.423 e. The summed E-state index contributed by atoms with van der Waals surface area (Å²) in [5.74, 6) is -3.12. The van der Waals surface area contributed by atoms with Gasteiger partial charge in [0.05, 0.1) is 28.0 Å². The van der Waals surface area contributed by atoms with E-state index in [0.29, 0.717) is 22.4 Å². The molecule has 1 heterocycles. The Hall–Kier alpha value is -3.79. The van der Waals surface area contributed by atoms with Crippen LogP contribution in [0.4, 0.5) is 0 Å². The third-order valence-corrected chi connectivity index (χ3v) is 10.1. The number of hydrazine groups is 1. The lowest BCUT2D eigenvalue weighted by Gasteiger charge is -2.37. The summed E-state index contributed by atoms with van der Waals surface area (Å²) in [5.41, 5.74) is 0.538. The number of amides is 3. The lowest BCUT2D eigenvalue weighted by Crippen LogP contribution is -2.52. The maximum atomic E-state index is 13.9. The van der Waals surface area contributed by atoms with E-state index in [9.17, 15) is 24.0 Å². The van der Waals surface area contributed by atoms with Crippen molar-refractivity contribution < 1.29 is 28.7 Å². The number of ether oxygens (including phenoxy) is 1. The number of carbonyl (C=O) groups is 5. The number of hydrogen-bond acceptors (Lipinski definition) is 6. The summed E-state index contributed by atoms with van der Waals surface area (Å²) < 4.78 is 6.24. The molecule has 3 fully saturated rings. The van der Waals surface area contributed by atoms with Crippen LogP contribution in [-0.2, 0) is 9.59 Å². The van der Waals surface area contributed by atoms with Gasteiger partial charge in [-0.3, -0.25) is 19.2 Å². The summed E-state index contributed by atoms with van der Waals surface area (Å²) in [4.78, 5) is 67.8. The van der Waals surface area contributed by atoms with Crippen molar-refractivity contribution >= 4 is 68.6 Å². The average molecular weight is 694 g/mol. The Labute approximate surface area is 270 Å². The van der Waals surface area contributed by atoms with Crippen LogP contribution in [0.2, 0.25) is 10.0 Å². The van der Waals surface area contributed by atoms with Crippen molar-refractivity contribution in [2.75, 3.05) is 6.54 Å². The highest BCUT2D eigenvalue weighted by molar-refractivity contribution is 9.10. The summed E-state index contributed by atoms with van der Waals surface area (Å²) in [6.45, 7) is -0.595. The van der Waals surface area contributed by atoms with E-state index in [-0.39, 0.29) is 33.7 Å². The number of Topliss-reactive ketones (excluding diaryl/α,β-unsaturated/α-hetero) is 1. The van der Waals surface area contributed by atoms with E-state index < -0.39 is 47.9 Å². The molecular weight excluding hydrogens is 671 g/mol. The van der Waals surface area contributed by atoms with Gasteiger partial charge in [-0.2, -0.15) is 5.01 Å². The molecule has 4 aliphatic carbocycles. The van der Waals surface area contributed by atoms with Crippen LogP contribution in [-0.4, -0.2) is 46.0 Å². The Morgan fingerprint density at radius 2 is 1.43 bits per heavy atom. The van der Waals surface area contributed by atoms with Crippen LogP contribution in [0, 0.1) is 35.5 Å². The van der Waals surface area contributed by atoms with Gasteiger partial charge in [0, 0.05) is 15.1 Å². The van der Waals surface area contributed by atoms with Crippen molar-refractivity contribution in [2.45, 2.75) is 6.42 Å². The molecule has 0 radical (unpaired) electrons. The first kappa shape index (κ1) is 29.0. The van der Waals surface area contributed by atoms with Crippen LogP contribution in [0.3, 0.4) is 0 Å². The van der Waals surface area contributed by atoms with E-state index in [2.05, 4.69) is 15.9 Å². The fraction of sp³-hybridized carbons (Fsp3) is 0.242. The van der Waals surface area contributed by atoms with Gasteiger partial charge in [0.2, 0.25) is 0 Å². The van der Waals surface area contributed by atoms with E-state index in [0.717, 1.165) is 20.9 Å². The van der Waals surface area contributed by atoms with Crippen molar-refractivity contribution in [3.05, 3.63) is 110 Å². The highest BCUT2D eigenvalue weighted by Crippen LogP contribution is 2.65. The van der Waals surface area contributed by atoms with Crippen molar-refractivity contribution in [3.8, 4) is 5.75 Å². The normalized spacial score (nSPS) is 25.8. The Kier molecular flexibility index (Phi) is 7.22.